The molecule has 2 aromatic rings. The summed E-state index contributed by atoms with van der Waals surface area (Å²) < 4.78 is 4.96. The van der Waals surface area contributed by atoms with Crippen molar-refractivity contribution in [3.63, 3.8) is 0 Å². The second kappa shape index (κ2) is 4.41. The highest BCUT2D eigenvalue weighted by Gasteiger charge is 1.98. The zero-order valence-electron chi connectivity index (χ0n) is 8.27. The van der Waals surface area contributed by atoms with Crippen molar-refractivity contribution in [2.45, 2.75) is 6.54 Å². The molecule has 0 saturated heterocycles. The van der Waals surface area contributed by atoms with Crippen LogP contribution in [-0.4, -0.2) is 27.0 Å². The third kappa shape index (κ3) is 2.43. The number of aromatic nitrogens is 4. The van der Waals surface area contributed by atoms with E-state index in [2.05, 4.69) is 25.3 Å². The number of H-pyrrole nitrogens is 1. The summed E-state index contributed by atoms with van der Waals surface area (Å²) in [5.74, 6) is 1.16. The predicted octanol–water partition coefficient (Wildman–Crippen LogP) is 0.820. The fraction of sp³-hybridized carbons (Fsp3) is 0.222. The molecule has 0 unspecified atom stereocenters. The van der Waals surface area contributed by atoms with E-state index < -0.39 is 0 Å². The highest BCUT2D eigenvalue weighted by atomic mass is 16.5. The number of imidazole rings is 1. The zero-order chi connectivity index (χ0) is 10.5. The third-order valence-electron chi connectivity index (χ3n) is 1.84. The molecule has 0 saturated carbocycles. The van der Waals surface area contributed by atoms with Crippen molar-refractivity contribution in [3.8, 4) is 5.88 Å². The molecule has 0 spiro atoms. The fourth-order valence-corrected chi connectivity index (χ4v) is 1.10. The van der Waals surface area contributed by atoms with Gasteiger partial charge in [0.2, 0.25) is 5.88 Å². The van der Waals surface area contributed by atoms with Gasteiger partial charge >= 0.3 is 0 Å². The quantitative estimate of drug-likeness (QED) is 0.772. The van der Waals surface area contributed by atoms with E-state index in [1.807, 2.05) is 0 Å². The first kappa shape index (κ1) is 9.45. The van der Waals surface area contributed by atoms with Crippen molar-refractivity contribution in [2.24, 2.45) is 0 Å². The summed E-state index contributed by atoms with van der Waals surface area (Å²) in [4.78, 5) is 15.0. The van der Waals surface area contributed by atoms with E-state index in [-0.39, 0.29) is 0 Å². The molecule has 6 heteroatoms. The van der Waals surface area contributed by atoms with Crippen LogP contribution in [0.1, 0.15) is 5.69 Å². The molecule has 2 rings (SSSR count). The van der Waals surface area contributed by atoms with Crippen LogP contribution in [0.2, 0.25) is 0 Å². The molecule has 0 bridgehead atoms. The molecule has 0 fully saturated rings. The van der Waals surface area contributed by atoms with Gasteiger partial charge in [-0.15, -0.1) is 0 Å². The van der Waals surface area contributed by atoms with Gasteiger partial charge in [-0.25, -0.2) is 4.98 Å². The molecule has 0 amide bonds. The van der Waals surface area contributed by atoms with Crippen LogP contribution >= 0.6 is 0 Å². The first-order valence-corrected chi connectivity index (χ1v) is 4.45. The number of rotatable bonds is 4. The minimum Gasteiger partial charge on any atom is -0.480 e. The lowest BCUT2D eigenvalue weighted by Crippen LogP contribution is -2.02. The SMILES string of the molecule is COc1cncc(NCc2cnc[nH]2)n1. The van der Waals surface area contributed by atoms with E-state index in [4.69, 9.17) is 4.74 Å². The van der Waals surface area contributed by atoms with Gasteiger partial charge < -0.3 is 15.0 Å². The van der Waals surface area contributed by atoms with Gasteiger partial charge in [0.1, 0.15) is 5.82 Å². The Labute approximate surface area is 86.7 Å². The summed E-state index contributed by atoms with van der Waals surface area (Å²) in [7, 11) is 1.56. The topological polar surface area (TPSA) is 75.7 Å². The van der Waals surface area contributed by atoms with Crippen LogP contribution in [0.3, 0.4) is 0 Å². The number of nitrogens with zero attached hydrogens (tertiary/aromatic N) is 3. The summed E-state index contributed by atoms with van der Waals surface area (Å²) in [6.07, 6.45) is 6.58. The summed E-state index contributed by atoms with van der Waals surface area (Å²) in [5.41, 5.74) is 0.986. The van der Waals surface area contributed by atoms with E-state index in [1.54, 1.807) is 32.0 Å². The summed E-state index contributed by atoms with van der Waals surface area (Å²) in [6.45, 7) is 0.627. The average Bonchev–Trinajstić information content (AvgIpc) is 2.79. The van der Waals surface area contributed by atoms with Gasteiger partial charge in [0.25, 0.3) is 0 Å². The number of nitrogens with one attached hydrogen (secondary N) is 2. The first-order valence-electron chi connectivity index (χ1n) is 4.45. The molecule has 2 aromatic heterocycles. The summed E-state index contributed by atoms with van der Waals surface area (Å²) >= 11 is 0. The Morgan fingerprint density at radius 1 is 1.33 bits per heavy atom. The fourth-order valence-electron chi connectivity index (χ4n) is 1.10. The highest BCUT2D eigenvalue weighted by molar-refractivity contribution is 5.33. The largest absolute Gasteiger partial charge is 0.480 e. The Balaban J connectivity index is 1.98. The van der Waals surface area contributed by atoms with E-state index in [0.29, 0.717) is 18.2 Å². The van der Waals surface area contributed by atoms with Crippen LogP contribution in [-0.2, 0) is 6.54 Å². The molecule has 78 valence electrons. The van der Waals surface area contributed by atoms with Crippen LogP contribution in [0, 0.1) is 0 Å². The first-order chi connectivity index (χ1) is 7.38. The Morgan fingerprint density at radius 3 is 3.00 bits per heavy atom. The van der Waals surface area contributed by atoms with Gasteiger partial charge in [-0.3, -0.25) is 4.98 Å². The molecular weight excluding hydrogens is 194 g/mol. The lowest BCUT2D eigenvalue weighted by molar-refractivity contribution is 0.396. The minimum atomic E-state index is 0.490. The van der Waals surface area contributed by atoms with Crippen molar-refractivity contribution in [1.29, 1.82) is 0 Å². The van der Waals surface area contributed by atoms with Crippen LogP contribution in [0.4, 0.5) is 5.82 Å². The lowest BCUT2D eigenvalue weighted by atomic mass is 10.4. The van der Waals surface area contributed by atoms with E-state index >= 15 is 0 Å². The van der Waals surface area contributed by atoms with Gasteiger partial charge in [0.15, 0.2) is 0 Å². The molecule has 0 aromatic carbocycles. The molecule has 15 heavy (non-hydrogen) atoms. The summed E-state index contributed by atoms with van der Waals surface area (Å²) in [5, 5.41) is 3.10. The minimum absolute atomic E-state index is 0.490. The van der Waals surface area contributed by atoms with Crippen molar-refractivity contribution >= 4 is 5.82 Å². The molecular formula is C9H11N5O. The molecule has 0 radical (unpaired) electrons. The van der Waals surface area contributed by atoms with Gasteiger partial charge in [-0.05, 0) is 0 Å². The van der Waals surface area contributed by atoms with Crippen LogP contribution in [0.25, 0.3) is 0 Å². The second-order valence-electron chi connectivity index (χ2n) is 2.88. The average molecular weight is 205 g/mol. The molecule has 6 nitrogen and oxygen atoms in total. The summed E-state index contributed by atoms with van der Waals surface area (Å²) in [6, 6.07) is 0. The number of methoxy groups -OCH3 is 1. The molecule has 0 aliphatic heterocycles. The van der Waals surface area contributed by atoms with Crippen molar-refractivity contribution in [3.05, 3.63) is 30.6 Å². The van der Waals surface area contributed by atoms with Crippen molar-refractivity contribution in [2.75, 3.05) is 12.4 Å². The Kier molecular flexibility index (Phi) is 2.77. The van der Waals surface area contributed by atoms with E-state index in [9.17, 15) is 0 Å². The number of hydrogen-bond acceptors (Lipinski definition) is 5. The van der Waals surface area contributed by atoms with Gasteiger partial charge in [0.05, 0.1) is 38.1 Å². The van der Waals surface area contributed by atoms with Gasteiger partial charge in [0, 0.05) is 6.20 Å². The molecule has 2 heterocycles. The third-order valence-corrected chi connectivity index (χ3v) is 1.84. The van der Waals surface area contributed by atoms with Crippen LogP contribution in [0.15, 0.2) is 24.9 Å². The van der Waals surface area contributed by atoms with E-state index in [0.717, 1.165) is 5.69 Å². The second-order valence-corrected chi connectivity index (χ2v) is 2.88. The Bertz CT molecular complexity index is 414. The monoisotopic (exact) mass is 205 g/mol. The Morgan fingerprint density at radius 2 is 2.27 bits per heavy atom. The predicted molar refractivity (Wildman–Crippen MR) is 54.5 cm³/mol. The molecule has 2 N–H and O–H groups in total. The molecule has 0 atom stereocenters. The number of ether oxygens (including phenoxy) is 1. The lowest BCUT2D eigenvalue weighted by Gasteiger charge is -2.04. The maximum atomic E-state index is 4.96. The highest BCUT2D eigenvalue weighted by Crippen LogP contribution is 2.08. The van der Waals surface area contributed by atoms with Gasteiger partial charge in [-0.1, -0.05) is 0 Å². The standard InChI is InChI=1S/C9H11N5O/c1-15-9-5-10-4-8(14-9)12-3-7-2-11-6-13-7/h2,4-6H,3H2,1H3,(H,11,13)(H,12,14). The van der Waals surface area contributed by atoms with Crippen molar-refractivity contribution < 1.29 is 4.74 Å². The van der Waals surface area contributed by atoms with Crippen LogP contribution < -0.4 is 10.1 Å². The maximum absolute atomic E-state index is 4.96. The smallest absolute Gasteiger partial charge is 0.233 e. The Hall–Kier alpha value is -2.11. The van der Waals surface area contributed by atoms with Gasteiger partial charge in [-0.2, -0.15) is 4.98 Å². The molecule has 0 aliphatic carbocycles. The van der Waals surface area contributed by atoms with E-state index in [1.165, 1.54) is 0 Å². The number of aromatic amines is 1. The molecule has 0 aliphatic rings. The van der Waals surface area contributed by atoms with Crippen LogP contribution in [0.5, 0.6) is 5.88 Å². The normalized spacial score (nSPS) is 9.93. The van der Waals surface area contributed by atoms with Crippen molar-refractivity contribution in [1.82, 2.24) is 19.9 Å². The number of hydrogen-bond donors (Lipinski definition) is 2. The zero-order valence-corrected chi connectivity index (χ0v) is 8.27. The maximum Gasteiger partial charge on any atom is 0.233 e. The number of anilines is 1.